The average Bonchev–Trinajstić information content (AvgIpc) is 2.35. The van der Waals surface area contributed by atoms with Gasteiger partial charge in [0.15, 0.2) is 0 Å². The molecule has 0 spiro atoms. The normalized spacial score (nSPS) is 30.5. The number of amides is 1. The third-order valence-electron chi connectivity index (χ3n) is 4.18. The predicted molar refractivity (Wildman–Crippen MR) is 81.3 cm³/mol. The Bertz CT molecular complexity index is 323. The van der Waals surface area contributed by atoms with Crippen LogP contribution in [0.4, 0.5) is 0 Å². The number of nitrogens with two attached hydrogens (primary N) is 1. The summed E-state index contributed by atoms with van der Waals surface area (Å²) in [5, 5.41) is 3.04. The van der Waals surface area contributed by atoms with Crippen LogP contribution in [0.2, 0.25) is 0 Å². The minimum absolute atomic E-state index is 0.0438. The van der Waals surface area contributed by atoms with Crippen LogP contribution in [0.25, 0.3) is 0 Å². The zero-order valence-electron chi connectivity index (χ0n) is 12.8. The fourth-order valence-corrected chi connectivity index (χ4v) is 3.18. The molecule has 1 amide bonds. The minimum Gasteiger partial charge on any atom is -0.378 e. The summed E-state index contributed by atoms with van der Waals surface area (Å²) in [5.41, 5.74) is 5.20. The van der Waals surface area contributed by atoms with Crippen molar-refractivity contribution in [3.63, 3.8) is 0 Å². The Morgan fingerprint density at radius 3 is 2.63 bits per heavy atom. The van der Waals surface area contributed by atoms with Crippen LogP contribution >= 0.6 is 11.8 Å². The zero-order valence-corrected chi connectivity index (χ0v) is 13.6. The average molecular weight is 288 g/mol. The van der Waals surface area contributed by atoms with Crippen molar-refractivity contribution in [2.45, 2.75) is 58.7 Å². The van der Waals surface area contributed by atoms with E-state index in [-0.39, 0.29) is 23.5 Å². The van der Waals surface area contributed by atoms with E-state index in [1.54, 1.807) is 0 Å². The highest BCUT2D eigenvalue weighted by Gasteiger charge is 2.62. The molecule has 0 radical (unpaired) electrons. The van der Waals surface area contributed by atoms with E-state index in [0.717, 1.165) is 11.5 Å². The Kier molecular flexibility index (Phi) is 5.71. The Morgan fingerprint density at radius 2 is 2.16 bits per heavy atom. The molecule has 4 nitrogen and oxygen atoms in total. The second kappa shape index (κ2) is 6.46. The fraction of sp³-hybridized carbons (Fsp3) is 0.929. The van der Waals surface area contributed by atoms with Crippen molar-refractivity contribution in [3.05, 3.63) is 0 Å². The van der Waals surface area contributed by atoms with Gasteiger partial charge in [0.25, 0.3) is 0 Å². The van der Waals surface area contributed by atoms with E-state index in [1.165, 1.54) is 0 Å². The number of ether oxygens (including phenoxy) is 1. The fourth-order valence-electron chi connectivity index (χ4n) is 2.51. The van der Waals surface area contributed by atoms with E-state index in [2.05, 4.69) is 12.2 Å². The molecule has 3 atom stereocenters. The van der Waals surface area contributed by atoms with Crippen molar-refractivity contribution < 1.29 is 9.53 Å². The Labute approximate surface area is 121 Å². The van der Waals surface area contributed by atoms with E-state index in [9.17, 15) is 4.79 Å². The number of thioether (sulfide) groups is 1. The maximum Gasteiger partial charge on any atom is 0.241 e. The first-order chi connectivity index (χ1) is 8.79. The highest BCUT2D eigenvalue weighted by molar-refractivity contribution is 7.99. The topological polar surface area (TPSA) is 64.3 Å². The maximum atomic E-state index is 12.4. The lowest BCUT2D eigenvalue weighted by molar-refractivity contribution is -0.171. The van der Waals surface area contributed by atoms with Crippen LogP contribution in [0.15, 0.2) is 0 Å². The van der Waals surface area contributed by atoms with E-state index in [0.29, 0.717) is 13.0 Å². The lowest BCUT2D eigenvalue weighted by Gasteiger charge is -2.57. The van der Waals surface area contributed by atoms with Crippen LogP contribution < -0.4 is 11.1 Å². The standard InChI is InChI=1S/C14H28N2O2S/c1-6-18-11-8-14(15,13(11,4)5)12(17)16-10(3)9-19-7-2/h10-11H,6-9,15H2,1-5H3,(H,16,17). The zero-order chi connectivity index (χ0) is 14.7. The third-order valence-corrected chi connectivity index (χ3v) is 5.33. The lowest BCUT2D eigenvalue weighted by Crippen LogP contribution is -2.76. The monoisotopic (exact) mass is 288 g/mol. The van der Waals surface area contributed by atoms with E-state index in [1.807, 2.05) is 39.5 Å². The third kappa shape index (κ3) is 3.26. The van der Waals surface area contributed by atoms with E-state index in [4.69, 9.17) is 10.5 Å². The van der Waals surface area contributed by atoms with Crippen molar-refractivity contribution in [2.24, 2.45) is 11.1 Å². The molecule has 1 aliphatic carbocycles. The summed E-state index contributed by atoms with van der Waals surface area (Å²) in [6.45, 7) is 10.8. The van der Waals surface area contributed by atoms with Crippen molar-refractivity contribution in [1.29, 1.82) is 0 Å². The summed E-state index contributed by atoms with van der Waals surface area (Å²) in [5.74, 6) is 1.94. The number of nitrogens with one attached hydrogen (secondary N) is 1. The molecular weight excluding hydrogens is 260 g/mol. The van der Waals surface area contributed by atoms with Crippen LogP contribution in [0.1, 0.15) is 41.0 Å². The van der Waals surface area contributed by atoms with Crippen LogP contribution in [-0.4, -0.2) is 41.7 Å². The number of hydrogen-bond donors (Lipinski definition) is 2. The molecule has 0 bridgehead atoms. The molecule has 1 fully saturated rings. The SMILES string of the molecule is CCOC1CC(N)(C(=O)NC(C)CSCC)C1(C)C. The first-order valence-electron chi connectivity index (χ1n) is 7.08. The second-order valence-electron chi connectivity index (χ2n) is 5.88. The summed E-state index contributed by atoms with van der Waals surface area (Å²) >= 11 is 1.82. The number of rotatable bonds is 7. The summed E-state index contributed by atoms with van der Waals surface area (Å²) in [7, 11) is 0. The van der Waals surface area contributed by atoms with E-state index < -0.39 is 5.54 Å². The Hall–Kier alpha value is -0.260. The molecule has 1 aliphatic rings. The van der Waals surface area contributed by atoms with Gasteiger partial charge in [0.1, 0.15) is 5.54 Å². The largest absolute Gasteiger partial charge is 0.378 e. The summed E-state index contributed by atoms with van der Waals surface area (Å²) < 4.78 is 5.64. The van der Waals surface area contributed by atoms with Gasteiger partial charge in [-0.1, -0.05) is 20.8 Å². The molecule has 0 saturated heterocycles. The Morgan fingerprint density at radius 1 is 1.53 bits per heavy atom. The number of carbonyl (C=O) groups is 1. The molecule has 0 aromatic carbocycles. The molecule has 0 heterocycles. The van der Waals surface area contributed by atoms with Gasteiger partial charge in [-0.25, -0.2) is 0 Å². The van der Waals surface area contributed by atoms with Gasteiger partial charge in [0, 0.05) is 30.2 Å². The van der Waals surface area contributed by atoms with Crippen molar-refractivity contribution in [2.75, 3.05) is 18.1 Å². The van der Waals surface area contributed by atoms with Gasteiger partial charge in [0.05, 0.1) is 6.10 Å². The van der Waals surface area contributed by atoms with Crippen molar-refractivity contribution in [1.82, 2.24) is 5.32 Å². The maximum absolute atomic E-state index is 12.4. The Balaban J connectivity index is 2.57. The van der Waals surface area contributed by atoms with Gasteiger partial charge in [-0.2, -0.15) is 11.8 Å². The highest BCUT2D eigenvalue weighted by Crippen LogP contribution is 2.49. The van der Waals surface area contributed by atoms with Crippen LogP contribution in [0, 0.1) is 5.41 Å². The van der Waals surface area contributed by atoms with Crippen LogP contribution in [-0.2, 0) is 9.53 Å². The van der Waals surface area contributed by atoms with Crippen molar-refractivity contribution in [3.8, 4) is 0 Å². The molecule has 0 aromatic rings. The molecule has 3 N–H and O–H groups in total. The van der Waals surface area contributed by atoms with Gasteiger partial charge in [0.2, 0.25) is 5.91 Å². The molecule has 0 aliphatic heterocycles. The molecule has 1 saturated carbocycles. The molecular formula is C14H28N2O2S. The smallest absolute Gasteiger partial charge is 0.241 e. The summed E-state index contributed by atoms with van der Waals surface area (Å²) in [4.78, 5) is 12.4. The predicted octanol–water partition coefficient (Wildman–Crippen LogP) is 1.78. The molecule has 5 heteroatoms. The van der Waals surface area contributed by atoms with Gasteiger partial charge in [-0.3, -0.25) is 4.79 Å². The van der Waals surface area contributed by atoms with Crippen LogP contribution in [0.3, 0.4) is 0 Å². The lowest BCUT2D eigenvalue weighted by atomic mass is 9.54. The first-order valence-corrected chi connectivity index (χ1v) is 8.24. The molecule has 3 unspecified atom stereocenters. The number of hydrogen-bond acceptors (Lipinski definition) is 4. The van der Waals surface area contributed by atoms with Gasteiger partial charge in [-0.15, -0.1) is 0 Å². The van der Waals surface area contributed by atoms with Gasteiger partial charge < -0.3 is 15.8 Å². The molecule has 0 aromatic heterocycles. The minimum atomic E-state index is -0.808. The molecule has 1 rings (SSSR count). The van der Waals surface area contributed by atoms with Crippen LogP contribution in [0.5, 0.6) is 0 Å². The molecule has 19 heavy (non-hydrogen) atoms. The second-order valence-corrected chi connectivity index (χ2v) is 7.19. The highest BCUT2D eigenvalue weighted by atomic mass is 32.2. The summed E-state index contributed by atoms with van der Waals surface area (Å²) in [6, 6.07) is 0.153. The molecule has 112 valence electrons. The van der Waals surface area contributed by atoms with Gasteiger partial charge in [-0.05, 0) is 19.6 Å². The van der Waals surface area contributed by atoms with E-state index >= 15 is 0 Å². The summed E-state index contributed by atoms with van der Waals surface area (Å²) in [6.07, 6.45) is 0.682. The number of carbonyl (C=O) groups excluding carboxylic acids is 1. The first kappa shape index (κ1) is 16.8. The quantitative estimate of drug-likeness (QED) is 0.749. The van der Waals surface area contributed by atoms with Crippen molar-refractivity contribution >= 4 is 17.7 Å². The van der Waals surface area contributed by atoms with Gasteiger partial charge >= 0.3 is 0 Å².